The first-order chi connectivity index (χ1) is 7.72. The maximum Gasteiger partial charge on any atom is 0.141 e. The van der Waals surface area contributed by atoms with E-state index in [1.165, 1.54) is 10.4 Å². The number of fused-ring (bicyclic) bond motifs is 1. The molecule has 3 heteroatoms. The number of rotatable bonds is 3. The molecule has 0 spiro atoms. The van der Waals surface area contributed by atoms with E-state index in [0.29, 0.717) is 36.7 Å². The highest BCUT2D eigenvalue weighted by molar-refractivity contribution is 7.12. The number of carbonyl (C=O) groups is 2. The third kappa shape index (κ3) is 1.96. The molecule has 0 aliphatic heterocycles. The van der Waals surface area contributed by atoms with E-state index in [0.717, 1.165) is 24.1 Å². The molecule has 84 valence electrons. The lowest BCUT2D eigenvalue weighted by atomic mass is 9.97. The van der Waals surface area contributed by atoms with E-state index in [4.69, 9.17) is 0 Å². The fourth-order valence-electron chi connectivity index (χ4n) is 2.25. The quantitative estimate of drug-likeness (QED) is 0.804. The van der Waals surface area contributed by atoms with Crippen molar-refractivity contribution < 1.29 is 9.59 Å². The number of hydrogen-bond donors (Lipinski definition) is 0. The van der Waals surface area contributed by atoms with Crippen LogP contribution in [0.5, 0.6) is 0 Å². The third-order valence-corrected chi connectivity index (χ3v) is 4.58. The minimum absolute atomic E-state index is 0.338. The zero-order chi connectivity index (χ0) is 11.1. The predicted molar refractivity (Wildman–Crippen MR) is 62.8 cm³/mol. The van der Waals surface area contributed by atoms with Crippen molar-refractivity contribution in [2.24, 2.45) is 5.92 Å². The first kappa shape index (κ1) is 10.2. The van der Waals surface area contributed by atoms with Gasteiger partial charge in [-0.05, 0) is 30.9 Å². The van der Waals surface area contributed by atoms with Crippen molar-refractivity contribution in [1.29, 1.82) is 0 Å². The van der Waals surface area contributed by atoms with Gasteiger partial charge in [0.1, 0.15) is 11.6 Å². The molecule has 0 unspecified atom stereocenters. The molecule has 0 saturated heterocycles. The van der Waals surface area contributed by atoms with Crippen molar-refractivity contribution in [3.8, 4) is 0 Å². The van der Waals surface area contributed by atoms with Crippen molar-refractivity contribution in [3.05, 3.63) is 21.4 Å². The largest absolute Gasteiger partial charge is 0.299 e. The number of thiophene rings is 1. The molecule has 0 N–H and O–H groups in total. The van der Waals surface area contributed by atoms with Crippen molar-refractivity contribution in [3.63, 3.8) is 0 Å². The summed E-state index contributed by atoms with van der Waals surface area (Å²) in [6, 6.07) is 2.08. The molecule has 0 bridgehead atoms. The highest BCUT2D eigenvalue weighted by Crippen LogP contribution is 2.33. The number of ketones is 2. The van der Waals surface area contributed by atoms with Gasteiger partial charge in [0.2, 0.25) is 0 Å². The Morgan fingerprint density at radius 2 is 2.19 bits per heavy atom. The molecule has 1 aromatic rings. The molecule has 1 fully saturated rings. The topological polar surface area (TPSA) is 34.1 Å². The van der Waals surface area contributed by atoms with E-state index < -0.39 is 0 Å². The van der Waals surface area contributed by atoms with Crippen LogP contribution in [0.25, 0.3) is 0 Å². The number of carbonyl (C=O) groups excluding carboxylic acids is 2. The van der Waals surface area contributed by atoms with Gasteiger partial charge in [-0.1, -0.05) is 0 Å². The Kier molecular flexibility index (Phi) is 2.43. The van der Waals surface area contributed by atoms with Gasteiger partial charge >= 0.3 is 0 Å². The standard InChI is InChI=1S/C13H14O2S/c14-10-3-4-13-9(5-10)6-11(16-13)7-12(15)8-1-2-8/h6,8H,1-5,7H2. The second-order valence-electron chi connectivity index (χ2n) is 4.79. The molecule has 0 radical (unpaired) electrons. The van der Waals surface area contributed by atoms with Gasteiger partial charge in [0.15, 0.2) is 0 Å². The summed E-state index contributed by atoms with van der Waals surface area (Å²) in [5.41, 5.74) is 1.18. The summed E-state index contributed by atoms with van der Waals surface area (Å²) in [6.45, 7) is 0. The van der Waals surface area contributed by atoms with Gasteiger partial charge in [-0.3, -0.25) is 9.59 Å². The summed E-state index contributed by atoms with van der Waals surface area (Å²) in [5.74, 6) is 1.08. The van der Waals surface area contributed by atoms with Gasteiger partial charge in [0.05, 0.1) is 0 Å². The van der Waals surface area contributed by atoms with E-state index in [2.05, 4.69) is 6.07 Å². The van der Waals surface area contributed by atoms with Gasteiger partial charge < -0.3 is 0 Å². The van der Waals surface area contributed by atoms with Gasteiger partial charge in [0, 0.05) is 34.9 Å². The maximum atomic E-state index is 11.7. The minimum Gasteiger partial charge on any atom is -0.299 e. The summed E-state index contributed by atoms with van der Waals surface area (Å²) in [6.07, 6.45) is 4.92. The lowest BCUT2D eigenvalue weighted by Gasteiger charge is -2.07. The molecule has 2 aliphatic rings. The Labute approximate surface area is 98.7 Å². The second kappa shape index (κ2) is 3.81. The molecule has 1 saturated carbocycles. The van der Waals surface area contributed by atoms with E-state index in [1.54, 1.807) is 11.3 Å². The first-order valence-electron chi connectivity index (χ1n) is 5.87. The predicted octanol–water partition coefficient (Wildman–Crippen LogP) is 2.33. The van der Waals surface area contributed by atoms with Crippen LogP contribution >= 0.6 is 11.3 Å². The summed E-state index contributed by atoms with van der Waals surface area (Å²) >= 11 is 1.74. The number of hydrogen-bond acceptors (Lipinski definition) is 3. The molecule has 0 amide bonds. The second-order valence-corrected chi connectivity index (χ2v) is 6.02. The molecule has 16 heavy (non-hydrogen) atoms. The Balaban J connectivity index is 1.76. The fraction of sp³-hybridized carbons (Fsp3) is 0.538. The zero-order valence-electron chi connectivity index (χ0n) is 9.12. The van der Waals surface area contributed by atoms with Crippen LogP contribution in [0, 0.1) is 5.92 Å². The van der Waals surface area contributed by atoms with E-state index >= 15 is 0 Å². The summed E-state index contributed by atoms with van der Waals surface area (Å²) in [5, 5.41) is 0. The molecule has 2 nitrogen and oxygen atoms in total. The minimum atomic E-state index is 0.338. The van der Waals surface area contributed by atoms with Crippen molar-refractivity contribution in [1.82, 2.24) is 0 Å². The fourth-order valence-corrected chi connectivity index (χ4v) is 3.45. The molecule has 1 aromatic heterocycles. The van der Waals surface area contributed by atoms with Gasteiger partial charge in [-0.15, -0.1) is 11.3 Å². The Bertz CT molecular complexity index is 454. The van der Waals surface area contributed by atoms with E-state index in [9.17, 15) is 9.59 Å². The van der Waals surface area contributed by atoms with Gasteiger partial charge in [-0.2, -0.15) is 0 Å². The highest BCUT2D eigenvalue weighted by Gasteiger charge is 2.30. The molecule has 3 rings (SSSR count). The van der Waals surface area contributed by atoms with Gasteiger partial charge in [-0.25, -0.2) is 0 Å². The Hall–Kier alpha value is -0.960. The van der Waals surface area contributed by atoms with Crippen LogP contribution < -0.4 is 0 Å². The smallest absolute Gasteiger partial charge is 0.141 e. The van der Waals surface area contributed by atoms with Crippen LogP contribution in [0.2, 0.25) is 0 Å². The zero-order valence-corrected chi connectivity index (χ0v) is 9.94. The van der Waals surface area contributed by atoms with Crippen molar-refractivity contribution >= 4 is 22.9 Å². The van der Waals surface area contributed by atoms with Crippen molar-refractivity contribution in [2.75, 3.05) is 0 Å². The highest BCUT2D eigenvalue weighted by atomic mass is 32.1. The average Bonchev–Trinajstić information content (AvgIpc) is 3.00. The average molecular weight is 234 g/mol. The summed E-state index contributed by atoms with van der Waals surface area (Å²) in [4.78, 5) is 25.5. The summed E-state index contributed by atoms with van der Waals surface area (Å²) < 4.78 is 0. The van der Waals surface area contributed by atoms with Crippen LogP contribution in [-0.2, 0) is 28.9 Å². The molecule has 0 aromatic carbocycles. The van der Waals surface area contributed by atoms with E-state index in [1.807, 2.05) is 0 Å². The SMILES string of the molecule is O=C1CCc2sc(CC(=O)C3CC3)cc2C1. The Morgan fingerprint density at radius 1 is 1.38 bits per heavy atom. The van der Waals surface area contributed by atoms with Gasteiger partial charge in [0.25, 0.3) is 0 Å². The number of aryl methyl sites for hydroxylation is 1. The lowest BCUT2D eigenvalue weighted by molar-refractivity contribution is -0.120. The lowest BCUT2D eigenvalue weighted by Crippen LogP contribution is -2.10. The summed E-state index contributed by atoms with van der Waals surface area (Å²) in [7, 11) is 0. The monoisotopic (exact) mass is 234 g/mol. The number of Topliss-reactive ketones (excluding diaryl/α,β-unsaturated/α-hetero) is 2. The molecule has 2 aliphatic carbocycles. The van der Waals surface area contributed by atoms with Crippen LogP contribution in [0.3, 0.4) is 0 Å². The van der Waals surface area contributed by atoms with Crippen LogP contribution in [0.1, 0.15) is 34.6 Å². The molecular formula is C13H14O2S. The van der Waals surface area contributed by atoms with E-state index in [-0.39, 0.29) is 0 Å². The van der Waals surface area contributed by atoms with Crippen LogP contribution in [-0.4, -0.2) is 11.6 Å². The Morgan fingerprint density at radius 3 is 2.94 bits per heavy atom. The normalized spacial score (nSPS) is 19.6. The van der Waals surface area contributed by atoms with Crippen LogP contribution in [0.15, 0.2) is 6.07 Å². The maximum absolute atomic E-state index is 11.7. The first-order valence-corrected chi connectivity index (χ1v) is 6.69. The third-order valence-electron chi connectivity index (χ3n) is 3.35. The van der Waals surface area contributed by atoms with Crippen LogP contribution in [0.4, 0.5) is 0 Å². The van der Waals surface area contributed by atoms with Crippen molar-refractivity contribution in [2.45, 2.75) is 38.5 Å². The molecular weight excluding hydrogens is 220 g/mol. The molecule has 0 atom stereocenters. The molecule has 1 heterocycles.